The number of hydrogen-bond donors (Lipinski definition) is 0. The van der Waals surface area contributed by atoms with Crippen molar-refractivity contribution < 1.29 is 4.74 Å². The lowest BCUT2D eigenvalue weighted by atomic mass is 10.2. The molecule has 0 saturated carbocycles. The van der Waals surface area contributed by atoms with E-state index in [0.717, 1.165) is 82.1 Å². The number of nitrogens with zero attached hydrogens (tertiary/aromatic N) is 6. The van der Waals surface area contributed by atoms with Crippen molar-refractivity contribution in [1.82, 2.24) is 14.9 Å². The minimum absolute atomic E-state index is 0.855. The molecule has 0 amide bonds. The molecule has 0 unspecified atom stereocenters. The van der Waals surface area contributed by atoms with Crippen LogP contribution in [0.25, 0.3) is 0 Å². The van der Waals surface area contributed by atoms with E-state index in [-0.39, 0.29) is 0 Å². The molecule has 2 fully saturated rings. The highest BCUT2D eigenvalue weighted by Gasteiger charge is 2.22. The van der Waals surface area contributed by atoms with Crippen LogP contribution in [0.5, 0.6) is 5.75 Å². The Morgan fingerprint density at radius 2 is 1.31 bits per heavy atom. The van der Waals surface area contributed by atoms with Crippen molar-refractivity contribution in [2.24, 2.45) is 0 Å². The number of methoxy groups -OCH3 is 1. The van der Waals surface area contributed by atoms with E-state index in [0.29, 0.717) is 0 Å². The van der Waals surface area contributed by atoms with Crippen molar-refractivity contribution in [1.29, 1.82) is 0 Å². The number of piperazine rings is 2. The third-order valence-corrected chi connectivity index (χ3v) is 6.00. The maximum atomic E-state index is 5.27. The van der Waals surface area contributed by atoms with E-state index < -0.39 is 0 Å². The standard InChI is InChI=1S/C22H32N6O/c1-4-25-9-11-27(12-10-25)21-17-22(24-18(2)23-21)28-15-13-26(14-16-28)19-5-7-20(29-3)8-6-19/h5-8,17H,4,9-16H2,1-3H3. The maximum Gasteiger partial charge on any atom is 0.134 e. The normalized spacial score (nSPS) is 18.2. The predicted molar refractivity (Wildman–Crippen MR) is 119 cm³/mol. The first-order valence-electron chi connectivity index (χ1n) is 10.6. The van der Waals surface area contributed by atoms with E-state index >= 15 is 0 Å². The minimum Gasteiger partial charge on any atom is -0.497 e. The van der Waals surface area contributed by atoms with Crippen LogP contribution in [-0.4, -0.2) is 80.9 Å². The van der Waals surface area contributed by atoms with E-state index in [9.17, 15) is 0 Å². The molecule has 7 nitrogen and oxygen atoms in total. The summed E-state index contributed by atoms with van der Waals surface area (Å²) in [4.78, 5) is 19.2. The summed E-state index contributed by atoms with van der Waals surface area (Å²) >= 11 is 0. The van der Waals surface area contributed by atoms with Gasteiger partial charge in [0.2, 0.25) is 0 Å². The summed E-state index contributed by atoms with van der Waals surface area (Å²) in [5.41, 5.74) is 1.25. The van der Waals surface area contributed by atoms with E-state index in [1.807, 2.05) is 19.1 Å². The lowest BCUT2D eigenvalue weighted by Crippen LogP contribution is -2.47. The zero-order chi connectivity index (χ0) is 20.2. The molecule has 0 bridgehead atoms. The Hall–Kier alpha value is -2.54. The second kappa shape index (κ2) is 8.86. The van der Waals surface area contributed by atoms with Crippen LogP contribution in [0.3, 0.4) is 0 Å². The number of likely N-dealkylation sites (N-methyl/N-ethyl adjacent to an activating group) is 1. The molecule has 3 heterocycles. The summed E-state index contributed by atoms with van der Waals surface area (Å²) in [5, 5.41) is 0. The number of aromatic nitrogens is 2. The molecule has 7 heteroatoms. The van der Waals surface area contributed by atoms with Crippen molar-refractivity contribution in [3.63, 3.8) is 0 Å². The van der Waals surface area contributed by atoms with Gasteiger partial charge in [0.1, 0.15) is 23.2 Å². The van der Waals surface area contributed by atoms with Gasteiger partial charge in [0.15, 0.2) is 0 Å². The summed E-state index contributed by atoms with van der Waals surface area (Å²) in [6.45, 7) is 13.5. The zero-order valence-electron chi connectivity index (χ0n) is 17.8. The van der Waals surface area contributed by atoms with Crippen molar-refractivity contribution in [3.8, 4) is 5.75 Å². The molecule has 2 saturated heterocycles. The Morgan fingerprint density at radius 3 is 1.83 bits per heavy atom. The smallest absolute Gasteiger partial charge is 0.134 e. The van der Waals surface area contributed by atoms with Gasteiger partial charge in [0, 0.05) is 64.1 Å². The highest BCUT2D eigenvalue weighted by atomic mass is 16.5. The largest absolute Gasteiger partial charge is 0.497 e. The Bertz CT molecular complexity index is 795. The molecule has 1 aromatic carbocycles. The number of ether oxygens (including phenoxy) is 1. The average Bonchev–Trinajstić information content (AvgIpc) is 2.79. The lowest BCUT2D eigenvalue weighted by molar-refractivity contribution is 0.270. The number of hydrogen-bond acceptors (Lipinski definition) is 7. The molecule has 0 spiro atoms. The first-order chi connectivity index (χ1) is 14.2. The minimum atomic E-state index is 0.855. The van der Waals surface area contributed by atoms with Crippen LogP contribution in [0.15, 0.2) is 30.3 Å². The summed E-state index contributed by atoms with van der Waals surface area (Å²) in [7, 11) is 1.70. The molecular weight excluding hydrogens is 364 g/mol. The quantitative estimate of drug-likeness (QED) is 0.768. The van der Waals surface area contributed by atoms with Gasteiger partial charge in [-0.15, -0.1) is 0 Å². The van der Waals surface area contributed by atoms with Gasteiger partial charge < -0.3 is 24.3 Å². The van der Waals surface area contributed by atoms with Crippen LogP contribution in [-0.2, 0) is 0 Å². The molecule has 29 heavy (non-hydrogen) atoms. The Kier molecular flexibility index (Phi) is 6.04. The summed E-state index contributed by atoms with van der Waals surface area (Å²) in [6, 6.07) is 10.5. The first kappa shape index (κ1) is 19.8. The van der Waals surface area contributed by atoms with Crippen LogP contribution in [0.2, 0.25) is 0 Å². The molecule has 4 rings (SSSR count). The van der Waals surface area contributed by atoms with Gasteiger partial charge in [-0.3, -0.25) is 0 Å². The molecule has 2 aliphatic rings. The Balaban J connectivity index is 1.41. The van der Waals surface area contributed by atoms with Crippen LogP contribution >= 0.6 is 0 Å². The second-order valence-electron chi connectivity index (χ2n) is 7.72. The fourth-order valence-corrected chi connectivity index (χ4v) is 4.14. The topological polar surface area (TPSA) is 48.0 Å². The van der Waals surface area contributed by atoms with Crippen molar-refractivity contribution in [2.45, 2.75) is 13.8 Å². The zero-order valence-corrected chi connectivity index (χ0v) is 17.8. The van der Waals surface area contributed by atoms with Gasteiger partial charge in [-0.1, -0.05) is 6.92 Å². The SMILES string of the molecule is CCN1CCN(c2cc(N3CCN(c4ccc(OC)cc4)CC3)nc(C)n2)CC1. The summed E-state index contributed by atoms with van der Waals surface area (Å²) < 4.78 is 5.27. The highest BCUT2D eigenvalue weighted by molar-refractivity contribution is 5.54. The maximum absolute atomic E-state index is 5.27. The van der Waals surface area contributed by atoms with Crippen molar-refractivity contribution in [2.75, 3.05) is 80.7 Å². The molecule has 0 radical (unpaired) electrons. The third-order valence-electron chi connectivity index (χ3n) is 6.00. The molecule has 0 atom stereocenters. The first-order valence-corrected chi connectivity index (χ1v) is 10.6. The predicted octanol–water partition coefficient (Wildman–Crippen LogP) is 2.26. The van der Waals surface area contributed by atoms with Gasteiger partial charge in [-0.2, -0.15) is 0 Å². The number of anilines is 3. The molecule has 156 valence electrons. The summed E-state index contributed by atoms with van der Waals surface area (Å²) in [6.07, 6.45) is 0. The number of benzene rings is 1. The van der Waals surface area contributed by atoms with Gasteiger partial charge in [-0.05, 0) is 37.7 Å². The third kappa shape index (κ3) is 4.56. The van der Waals surface area contributed by atoms with Crippen molar-refractivity contribution in [3.05, 3.63) is 36.2 Å². The molecule has 1 aromatic heterocycles. The molecule has 0 N–H and O–H groups in total. The van der Waals surface area contributed by atoms with Gasteiger partial charge in [0.25, 0.3) is 0 Å². The van der Waals surface area contributed by atoms with Gasteiger partial charge >= 0.3 is 0 Å². The average molecular weight is 397 g/mol. The molecule has 0 aliphatic carbocycles. The molecule has 2 aliphatic heterocycles. The van der Waals surface area contributed by atoms with E-state index in [1.54, 1.807) is 7.11 Å². The van der Waals surface area contributed by atoms with E-state index in [4.69, 9.17) is 14.7 Å². The van der Waals surface area contributed by atoms with Gasteiger partial charge in [0.05, 0.1) is 7.11 Å². The van der Waals surface area contributed by atoms with Crippen LogP contribution in [0.4, 0.5) is 17.3 Å². The molecule has 2 aromatic rings. The van der Waals surface area contributed by atoms with Crippen molar-refractivity contribution >= 4 is 17.3 Å². The fourth-order valence-electron chi connectivity index (χ4n) is 4.14. The van der Waals surface area contributed by atoms with E-state index in [1.165, 1.54) is 5.69 Å². The number of rotatable bonds is 5. The van der Waals surface area contributed by atoms with Gasteiger partial charge in [-0.25, -0.2) is 9.97 Å². The second-order valence-corrected chi connectivity index (χ2v) is 7.72. The van der Waals surface area contributed by atoms with Crippen LogP contribution < -0.4 is 19.4 Å². The van der Waals surface area contributed by atoms with E-state index in [2.05, 4.69) is 44.7 Å². The lowest BCUT2D eigenvalue weighted by Gasteiger charge is -2.38. The number of aryl methyl sites for hydroxylation is 1. The Labute approximate surface area is 173 Å². The fraction of sp³-hybridized carbons (Fsp3) is 0.545. The Morgan fingerprint density at radius 1 is 0.793 bits per heavy atom. The molecular formula is C22H32N6O. The van der Waals surface area contributed by atoms with Crippen LogP contribution in [0, 0.1) is 6.92 Å². The van der Waals surface area contributed by atoms with Crippen LogP contribution in [0.1, 0.15) is 12.7 Å². The monoisotopic (exact) mass is 396 g/mol. The highest BCUT2D eigenvalue weighted by Crippen LogP contribution is 2.24. The summed E-state index contributed by atoms with van der Waals surface area (Å²) in [5.74, 6) is 3.88.